The molecule has 7 nitrogen and oxygen atoms in total. The Morgan fingerprint density at radius 3 is 2.88 bits per heavy atom. The molecule has 88 valence electrons. The number of aromatic hydroxyl groups is 1. The van der Waals surface area contributed by atoms with E-state index in [1.165, 1.54) is 12.1 Å². The number of para-hydroxylation sites is 1. The molecule has 0 saturated carbocycles. The van der Waals surface area contributed by atoms with Crippen molar-refractivity contribution < 1.29 is 14.3 Å². The summed E-state index contributed by atoms with van der Waals surface area (Å²) in [6.07, 6.45) is 0. The molecule has 17 heavy (non-hydrogen) atoms. The van der Waals surface area contributed by atoms with Crippen molar-refractivity contribution in [2.45, 2.75) is 6.92 Å². The monoisotopic (exact) mass is 234 g/mol. The van der Waals surface area contributed by atoms with Gasteiger partial charge in [0.1, 0.15) is 0 Å². The number of rotatable bonds is 2. The lowest BCUT2D eigenvalue weighted by Crippen LogP contribution is -2.12. The molecule has 7 heteroatoms. The second-order valence-electron chi connectivity index (χ2n) is 3.32. The maximum absolute atomic E-state index is 11.7. The molecule has 0 aliphatic carbocycles. The summed E-state index contributed by atoms with van der Waals surface area (Å²) in [7, 11) is 0. The summed E-state index contributed by atoms with van der Waals surface area (Å²) in [5, 5.41) is 19.1. The zero-order valence-electron chi connectivity index (χ0n) is 8.97. The lowest BCUT2D eigenvalue weighted by Gasteiger charge is -2.05. The van der Waals surface area contributed by atoms with Gasteiger partial charge in [0.05, 0.1) is 11.3 Å². The number of hydrogen-bond acceptors (Lipinski definition) is 6. The summed E-state index contributed by atoms with van der Waals surface area (Å²) < 4.78 is 4.98. The molecular formula is C10H10N4O3. The highest BCUT2D eigenvalue weighted by Gasteiger charge is 2.15. The molecule has 2 aromatic rings. The van der Waals surface area contributed by atoms with Gasteiger partial charge in [0, 0.05) is 6.92 Å². The van der Waals surface area contributed by atoms with Gasteiger partial charge in [-0.05, 0) is 12.1 Å². The van der Waals surface area contributed by atoms with Gasteiger partial charge in [-0.25, -0.2) is 0 Å². The van der Waals surface area contributed by atoms with E-state index in [1.807, 2.05) is 0 Å². The number of carbonyl (C=O) groups excluding carboxylic acids is 1. The third kappa shape index (κ3) is 2.17. The Morgan fingerprint density at radius 1 is 1.47 bits per heavy atom. The van der Waals surface area contributed by atoms with Gasteiger partial charge in [-0.1, -0.05) is 11.2 Å². The first-order valence-corrected chi connectivity index (χ1v) is 4.77. The Hall–Kier alpha value is -2.57. The molecule has 0 atom stereocenters. The average Bonchev–Trinajstić information content (AvgIpc) is 2.68. The van der Waals surface area contributed by atoms with Crippen LogP contribution in [0.1, 0.15) is 16.2 Å². The Labute approximate surface area is 96.3 Å². The van der Waals surface area contributed by atoms with Gasteiger partial charge >= 0.3 is 6.01 Å². The van der Waals surface area contributed by atoms with Crippen LogP contribution in [-0.4, -0.2) is 21.2 Å². The lowest BCUT2D eigenvalue weighted by atomic mass is 10.1. The molecule has 0 aliphatic rings. The molecule has 0 fully saturated rings. The number of carbonyl (C=O) groups is 1. The second-order valence-corrected chi connectivity index (χ2v) is 3.32. The quantitative estimate of drug-likeness (QED) is 0.525. The van der Waals surface area contributed by atoms with Crippen LogP contribution >= 0.6 is 0 Å². The van der Waals surface area contributed by atoms with E-state index in [1.54, 1.807) is 13.0 Å². The summed E-state index contributed by atoms with van der Waals surface area (Å²) in [6.45, 7) is 1.60. The summed E-state index contributed by atoms with van der Waals surface area (Å²) >= 11 is 0. The number of nitrogens with zero attached hydrogens (tertiary/aromatic N) is 2. The summed E-state index contributed by atoms with van der Waals surface area (Å²) in [5.74, 6) is -0.517. The van der Waals surface area contributed by atoms with Crippen LogP contribution < -0.4 is 11.1 Å². The summed E-state index contributed by atoms with van der Waals surface area (Å²) in [4.78, 5) is 11.7. The molecule has 0 aliphatic heterocycles. The fraction of sp³-hybridized carbons (Fsp3) is 0.100. The number of hydrogen-bond donors (Lipinski definition) is 3. The van der Waals surface area contributed by atoms with Crippen molar-refractivity contribution >= 4 is 17.6 Å². The number of phenols is 1. The summed E-state index contributed by atoms with van der Waals surface area (Å²) in [5.41, 5.74) is 5.64. The lowest BCUT2D eigenvalue weighted by molar-refractivity contribution is 0.102. The number of benzene rings is 1. The third-order valence-corrected chi connectivity index (χ3v) is 2.06. The first-order chi connectivity index (χ1) is 8.08. The van der Waals surface area contributed by atoms with Crippen LogP contribution in [0.5, 0.6) is 5.75 Å². The van der Waals surface area contributed by atoms with E-state index in [2.05, 4.69) is 15.5 Å². The van der Waals surface area contributed by atoms with E-state index >= 15 is 0 Å². The average molecular weight is 234 g/mol. The molecule has 1 heterocycles. The van der Waals surface area contributed by atoms with Gasteiger partial charge in [-0.15, -0.1) is 5.10 Å². The topological polar surface area (TPSA) is 114 Å². The van der Waals surface area contributed by atoms with Crippen molar-refractivity contribution in [2.24, 2.45) is 0 Å². The zero-order valence-corrected chi connectivity index (χ0v) is 8.97. The first-order valence-electron chi connectivity index (χ1n) is 4.77. The molecule has 0 saturated heterocycles. The number of aryl methyl sites for hydroxylation is 1. The van der Waals surface area contributed by atoms with E-state index in [9.17, 15) is 9.90 Å². The van der Waals surface area contributed by atoms with Crippen molar-refractivity contribution in [3.8, 4) is 5.75 Å². The Bertz CT molecular complexity index is 564. The Morgan fingerprint density at radius 2 is 2.24 bits per heavy atom. The third-order valence-electron chi connectivity index (χ3n) is 2.06. The minimum Gasteiger partial charge on any atom is -0.505 e. The van der Waals surface area contributed by atoms with E-state index in [0.29, 0.717) is 5.89 Å². The van der Waals surface area contributed by atoms with Crippen molar-refractivity contribution in [2.75, 3.05) is 11.1 Å². The standard InChI is InChI=1S/C10H10N4O3/c1-5-13-14-10(17-5)12-9(16)6-3-2-4-7(11)8(6)15/h2-4,15H,11H2,1H3,(H,12,14,16). The molecule has 2 rings (SSSR count). The predicted molar refractivity (Wildman–Crippen MR) is 59.5 cm³/mol. The Balaban J connectivity index is 2.23. The smallest absolute Gasteiger partial charge is 0.322 e. The summed E-state index contributed by atoms with van der Waals surface area (Å²) in [6, 6.07) is 4.45. The van der Waals surface area contributed by atoms with E-state index < -0.39 is 5.91 Å². The normalized spacial score (nSPS) is 10.2. The molecule has 0 unspecified atom stereocenters. The molecule has 1 aromatic heterocycles. The molecule has 0 spiro atoms. The highest BCUT2D eigenvalue weighted by atomic mass is 16.4. The van der Waals surface area contributed by atoms with Crippen LogP contribution in [0.3, 0.4) is 0 Å². The number of nitrogens with one attached hydrogen (secondary N) is 1. The predicted octanol–water partition coefficient (Wildman–Crippen LogP) is 0.918. The van der Waals surface area contributed by atoms with E-state index in [4.69, 9.17) is 10.2 Å². The van der Waals surface area contributed by atoms with Gasteiger partial charge in [0.15, 0.2) is 5.75 Å². The van der Waals surface area contributed by atoms with Crippen LogP contribution in [0.15, 0.2) is 22.6 Å². The number of nitrogen functional groups attached to an aromatic ring is 1. The Kier molecular flexibility index (Phi) is 2.65. The van der Waals surface area contributed by atoms with Gasteiger partial charge in [0.2, 0.25) is 5.89 Å². The van der Waals surface area contributed by atoms with Crippen LogP contribution in [0, 0.1) is 6.92 Å². The van der Waals surface area contributed by atoms with Gasteiger partial charge in [-0.3, -0.25) is 10.1 Å². The fourth-order valence-electron chi connectivity index (χ4n) is 1.26. The maximum Gasteiger partial charge on any atom is 0.322 e. The SMILES string of the molecule is Cc1nnc(NC(=O)c2cccc(N)c2O)o1. The highest BCUT2D eigenvalue weighted by molar-refractivity contribution is 6.06. The minimum absolute atomic E-state index is 0.0330. The van der Waals surface area contributed by atoms with Crippen molar-refractivity contribution in [1.82, 2.24) is 10.2 Å². The van der Waals surface area contributed by atoms with Gasteiger partial charge in [-0.2, -0.15) is 0 Å². The molecule has 1 amide bonds. The number of aromatic nitrogens is 2. The number of nitrogens with two attached hydrogens (primary N) is 1. The van der Waals surface area contributed by atoms with Crippen LogP contribution in [-0.2, 0) is 0 Å². The van der Waals surface area contributed by atoms with Crippen molar-refractivity contribution in [1.29, 1.82) is 0 Å². The van der Waals surface area contributed by atoms with E-state index in [0.717, 1.165) is 0 Å². The van der Waals surface area contributed by atoms with Crippen molar-refractivity contribution in [3.05, 3.63) is 29.7 Å². The number of anilines is 2. The first kappa shape index (κ1) is 10.9. The maximum atomic E-state index is 11.7. The fourth-order valence-corrected chi connectivity index (χ4v) is 1.26. The molecular weight excluding hydrogens is 224 g/mol. The largest absolute Gasteiger partial charge is 0.505 e. The minimum atomic E-state index is -0.571. The molecule has 1 aromatic carbocycles. The molecule has 4 N–H and O–H groups in total. The van der Waals surface area contributed by atoms with Crippen LogP contribution in [0.25, 0.3) is 0 Å². The number of amides is 1. The van der Waals surface area contributed by atoms with Crippen LogP contribution in [0.2, 0.25) is 0 Å². The highest BCUT2D eigenvalue weighted by Crippen LogP contribution is 2.24. The van der Waals surface area contributed by atoms with Gasteiger partial charge < -0.3 is 15.3 Å². The zero-order chi connectivity index (χ0) is 12.4. The molecule has 0 radical (unpaired) electrons. The van der Waals surface area contributed by atoms with E-state index in [-0.39, 0.29) is 23.0 Å². The molecule has 0 bridgehead atoms. The van der Waals surface area contributed by atoms with Gasteiger partial charge in [0.25, 0.3) is 5.91 Å². The van der Waals surface area contributed by atoms with Crippen molar-refractivity contribution in [3.63, 3.8) is 0 Å². The second kappa shape index (κ2) is 4.12. The van der Waals surface area contributed by atoms with Crippen LogP contribution in [0.4, 0.5) is 11.7 Å². The number of phenolic OH excluding ortho intramolecular Hbond substituents is 1.